The van der Waals surface area contributed by atoms with Crippen molar-refractivity contribution in [2.75, 3.05) is 31.6 Å². The predicted molar refractivity (Wildman–Crippen MR) is 176 cm³/mol. The largest absolute Gasteiger partial charge is 0.466 e. The smallest absolute Gasteiger partial charge is 0.416 e. The number of esters is 1. The van der Waals surface area contributed by atoms with E-state index in [1.165, 1.54) is 39.0 Å². The number of carbonyl (C=O) groups excluding carboxylic acids is 3. The minimum atomic E-state index is -5.12. The summed E-state index contributed by atoms with van der Waals surface area (Å²) in [5.41, 5.74) is -5.44. The Morgan fingerprint density at radius 2 is 1.55 bits per heavy atom. The van der Waals surface area contributed by atoms with E-state index in [9.17, 15) is 50.4 Å². The maximum Gasteiger partial charge on any atom is 0.416 e. The molecule has 1 fully saturated rings. The molecule has 1 aliphatic heterocycles. The van der Waals surface area contributed by atoms with E-state index in [0.717, 1.165) is 11.3 Å². The number of anilines is 1. The van der Waals surface area contributed by atoms with Crippen molar-refractivity contribution in [2.45, 2.75) is 71.6 Å². The van der Waals surface area contributed by atoms with Crippen molar-refractivity contribution < 1.29 is 49.9 Å². The Balaban J connectivity index is 1.78. The molecule has 0 spiro atoms. The van der Waals surface area contributed by atoms with E-state index in [2.05, 4.69) is 11.4 Å². The van der Waals surface area contributed by atoms with E-state index in [0.29, 0.717) is 33.0 Å². The highest BCUT2D eigenvalue weighted by molar-refractivity contribution is 7.16. The lowest BCUT2D eigenvalue weighted by molar-refractivity contribution is -0.160. The number of nitrogens with one attached hydrogen (secondary N) is 1. The molecule has 0 atom stereocenters. The monoisotopic (exact) mass is 739 g/mol. The highest BCUT2D eigenvalue weighted by Gasteiger charge is 2.45. The van der Waals surface area contributed by atoms with Crippen molar-refractivity contribution in [3.63, 3.8) is 0 Å². The van der Waals surface area contributed by atoms with Crippen LogP contribution < -0.4 is 5.32 Å². The van der Waals surface area contributed by atoms with Gasteiger partial charge in [-0.3, -0.25) is 14.4 Å². The maximum atomic E-state index is 14.1. The van der Waals surface area contributed by atoms with Gasteiger partial charge in [0.25, 0.3) is 0 Å². The first kappa shape index (κ1) is 39.3. The lowest BCUT2D eigenvalue weighted by Gasteiger charge is -2.39. The molecule has 51 heavy (non-hydrogen) atoms. The number of aryl methyl sites for hydroxylation is 1. The number of nitrogens with zero attached hydrogens (tertiary/aromatic N) is 2. The molecule has 3 aromatic rings. The molecule has 0 bridgehead atoms. The average molecular weight is 740 g/mol. The van der Waals surface area contributed by atoms with Gasteiger partial charge in [-0.05, 0) is 94.0 Å². The minimum absolute atomic E-state index is 0.0152. The first-order valence-corrected chi connectivity index (χ1v) is 16.8. The van der Waals surface area contributed by atoms with Gasteiger partial charge in [-0.2, -0.15) is 31.6 Å². The van der Waals surface area contributed by atoms with Crippen LogP contribution >= 0.6 is 11.3 Å². The fourth-order valence-corrected chi connectivity index (χ4v) is 7.58. The van der Waals surface area contributed by atoms with Crippen molar-refractivity contribution in [3.8, 4) is 16.5 Å². The molecule has 274 valence electrons. The number of hydrogen-bond donors (Lipinski definition) is 1. The van der Waals surface area contributed by atoms with Crippen molar-refractivity contribution in [1.82, 2.24) is 4.90 Å². The van der Waals surface area contributed by atoms with E-state index < -0.39 is 64.0 Å². The zero-order chi connectivity index (χ0) is 38.1. The zero-order valence-electron chi connectivity index (χ0n) is 28.5. The number of thiophene rings is 1. The Hall–Kier alpha value is -4.45. The van der Waals surface area contributed by atoms with Crippen molar-refractivity contribution in [3.05, 3.63) is 74.9 Å². The molecular weight excluding hydrogens is 703 g/mol. The second kappa shape index (κ2) is 14.7. The van der Waals surface area contributed by atoms with E-state index in [1.54, 1.807) is 18.7 Å². The third kappa shape index (κ3) is 8.38. The number of nitriles is 1. The molecular formula is C36H36F7N3O4S. The van der Waals surface area contributed by atoms with Crippen molar-refractivity contribution >= 4 is 34.7 Å². The topological polar surface area (TPSA) is 99.5 Å². The second-order valence-electron chi connectivity index (χ2n) is 13.1. The lowest BCUT2D eigenvalue weighted by Crippen LogP contribution is -2.47. The minimum Gasteiger partial charge on any atom is -0.466 e. The molecule has 2 aromatic carbocycles. The van der Waals surface area contributed by atoms with Crippen molar-refractivity contribution in [1.29, 1.82) is 5.26 Å². The van der Waals surface area contributed by atoms with Crippen LogP contribution in [-0.2, 0) is 43.3 Å². The number of carbonyl (C=O) groups is 3. The highest BCUT2D eigenvalue weighted by atomic mass is 32.1. The molecule has 0 radical (unpaired) electrons. The normalized spacial score (nSPS) is 14.9. The molecule has 1 aromatic heterocycles. The number of amides is 1. The second-order valence-corrected chi connectivity index (χ2v) is 14.2. The number of benzene rings is 2. The van der Waals surface area contributed by atoms with Gasteiger partial charge in [0.15, 0.2) is 5.78 Å². The number of ether oxygens (including phenoxy) is 1. The van der Waals surface area contributed by atoms with Gasteiger partial charge in [0, 0.05) is 24.9 Å². The molecule has 15 heteroatoms. The van der Waals surface area contributed by atoms with Crippen LogP contribution in [-0.4, -0.2) is 48.8 Å². The van der Waals surface area contributed by atoms with Gasteiger partial charge in [-0.1, -0.05) is 6.07 Å². The molecule has 1 amide bonds. The zero-order valence-corrected chi connectivity index (χ0v) is 29.3. The number of halogens is 7. The van der Waals surface area contributed by atoms with Gasteiger partial charge in [0.1, 0.15) is 11.9 Å². The first-order chi connectivity index (χ1) is 23.6. The summed E-state index contributed by atoms with van der Waals surface area (Å²) in [6, 6.07) is 7.08. The Bertz CT molecular complexity index is 1840. The standard InChI is InChI=1S/C36H36F7N3O4S/c1-6-50-32(49)34(9-11-46(12-10-34)21(3)47)17-28-27(18-44)30(31(51-28)26-8-7-25(37)13-20(26)2)45-19-29(48)33(4,5)22-14-23(35(38,39)40)16-24(15-22)36(41,42)43/h7-8,13-16,45H,6,9-12,17,19H2,1-5H3. The molecule has 2 heterocycles. The van der Waals surface area contributed by atoms with Crippen LogP contribution in [0.5, 0.6) is 0 Å². The maximum absolute atomic E-state index is 14.1. The third-order valence-corrected chi connectivity index (χ3v) is 10.6. The van der Waals surface area contributed by atoms with Gasteiger partial charge in [-0.15, -0.1) is 11.3 Å². The number of likely N-dealkylation sites (tertiary alicyclic amines) is 1. The van der Waals surface area contributed by atoms with Crippen LogP contribution in [0.4, 0.5) is 36.4 Å². The number of ketones is 1. The van der Waals surface area contributed by atoms with E-state index in [-0.39, 0.29) is 62.2 Å². The lowest BCUT2D eigenvalue weighted by atomic mass is 9.74. The quantitative estimate of drug-likeness (QED) is 0.166. The molecule has 7 nitrogen and oxygen atoms in total. The predicted octanol–water partition coefficient (Wildman–Crippen LogP) is 8.47. The third-order valence-electron chi connectivity index (χ3n) is 9.33. The van der Waals surface area contributed by atoms with Gasteiger partial charge < -0.3 is 15.0 Å². The van der Waals surface area contributed by atoms with Crippen LogP contribution in [0, 0.1) is 29.5 Å². The van der Waals surface area contributed by atoms with Gasteiger partial charge >= 0.3 is 18.3 Å². The molecule has 4 rings (SSSR count). The molecule has 1 saturated heterocycles. The summed E-state index contributed by atoms with van der Waals surface area (Å²) >= 11 is 1.13. The van der Waals surface area contributed by atoms with Crippen LogP contribution in [0.3, 0.4) is 0 Å². The van der Waals surface area contributed by atoms with E-state index >= 15 is 0 Å². The Kier molecular flexibility index (Phi) is 11.3. The van der Waals surface area contributed by atoms with Gasteiger partial charge in [-0.25, -0.2) is 4.39 Å². The summed E-state index contributed by atoms with van der Waals surface area (Å²) in [5, 5.41) is 13.4. The fourth-order valence-electron chi connectivity index (χ4n) is 6.12. The fraction of sp³-hybridized carbons (Fsp3) is 0.444. The number of Topliss-reactive ketones (excluding diaryl/α,β-unsaturated/α-hetero) is 1. The number of rotatable bonds is 10. The van der Waals surface area contributed by atoms with E-state index in [1.807, 2.05) is 0 Å². The summed E-state index contributed by atoms with van der Waals surface area (Å²) < 4.78 is 101. The molecule has 0 unspecified atom stereocenters. The summed E-state index contributed by atoms with van der Waals surface area (Å²) in [4.78, 5) is 41.6. The molecule has 0 aliphatic carbocycles. The first-order valence-electron chi connectivity index (χ1n) is 16.0. The van der Waals surface area contributed by atoms with Gasteiger partial charge in [0.05, 0.1) is 51.2 Å². The summed E-state index contributed by atoms with van der Waals surface area (Å²) in [6.07, 6.45) is -9.72. The van der Waals surface area contributed by atoms with Crippen LogP contribution in [0.2, 0.25) is 0 Å². The summed E-state index contributed by atoms with van der Waals surface area (Å²) in [6.45, 7) is 7.14. The highest BCUT2D eigenvalue weighted by Crippen LogP contribution is 2.47. The molecule has 1 aliphatic rings. The van der Waals surface area contributed by atoms with E-state index in [4.69, 9.17) is 4.74 Å². The van der Waals surface area contributed by atoms with Crippen LogP contribution in [0.25, 0.3) is 10.4 Å². The average Bonchev–Trinajstić information content (AvgIpc) is 3.38. The Morgan fingerprint density at radius 1 is 0.980 bits per heavy atom. The number of hydrogen-bond acceptors (Lipinski definition) is 7. The molecule has 1 N–H and O–H groups in total. The Labute approximate surface area is 294 Å². The van der Waals surface area contributed by atoms with Crippen molar-refractivity contribution in [2.24, 2.45) is 5.41 Å². The SMILES string of the molecule is CCOC(=O)C1(Cc2sc(-c3ccc(F)cc3C)c(NCC(=O)C(C)(C)c3cc(C(F)(F)F)cc(C(F)(F)F)c3)c2C#N)CCN(C(C)=O)CC1. The number of alkyl halides is 6. The summed E-state index contributed by atoms with van der Waals surface area (Å²) in [5.74, 6) is -1.98. The Morgan fingerprint density at radius 3 is 2.04 bits per heavy atom. The van der Waals surface area contributed by atoms with Gasteiger partial charge in [0.2, 0.25) is 5.91 Å². The summed E-state index contributed by atoms with van der Waals surface area (Å²) in [7, 11) is 0. The van der Waals surface area contributed by atoms with Crippen LogP contribution in [0.15, 0.2) is 36.4 Å². The van der Waals surface area contributed by atoms with Crippen LogP contribution in [0.1, 0.15) is 73.2 Å². The molecule has 0 saturated carbocycles. The number of piperidine rings is 1.